The van der Waals surface area contributed by atoms with Gasteiger partial charge >= 0.3 is 12.6 Å². The van der Waals surface area contributed by atoms with Gasteiger partial charge in [0.25, 0.3) is 0 Å². The third kappa shape index (κ3) is 4.22. The minimum Gasteiger partial charge on any atom is -0.466 e. The van der Waals surface area contributed by atoms with Crippen LogP contribution in [0.5, 0.6) is 5.75 Å². The maximum absolute atomic E-state index is 12.9. The highest BCUT2D eigenvalue weighted by atomic mass is 32.1. The molecule has 0 aliphatic carbocycles. The Bertz CT molecular complexity index is 961. The molecule has 3 rings (SSSR count). The zero-order valence-corrected chi connectivity index (χ0v) is 16.9. The van der Waals surface area contributed by atoms with Crippen molar-refractivity contribution in [2.24, 2.45) is 0 Å². The van der Waals surface area contributed by atoms with E-state index in [1.807, 2.05) is 31.2 Å². The average Bonchev–Trinajstić information content (AvgIpc) is 2.68. The maximum Gasteiger partial charge on any atom is 0.387 e. The fraction of sp³-hybridized carbons (Fsp3) is 0.238. The monoisotopic (exact) mass is 418 g/mol. The number of rotatable bonds is 5. The van der Waals surface area contributed by atoms with Gasteiger partial charge in [0.15, 0.2) is 5.11 Å². The van der Waals surface area contributed by atoms with Gasteiger partial charge in [-0.1, -0.05) is 35.9 Å². The van der Waals surface area contributed by atoms with Crippen LogP contribution in [0.1, 0.15) is 24.1 Å². The summed E-state index contributed by atoms with van der Waals surface area (Å²) in [5, 5.41) is 3.41. The number of anilines is 1. The van der Waals surface area contributed by atoms with Crippen molar-refractivity contribution in [2.75, 3.05) is 12.0 Å². The summed E-state index contributed by atoms with van der Waals surface area (Å²) in [7, 11) is 1.27. The van der Waals surface area contributed by atoms with Crippen molar-refractivity contribution in [3.63, 3.8) is 0 Å². The number of nitrogens with one attached hydrogen (secondary N) is 1. The summed E-state index contributed by atoms with van der Waals surface area (Å²) < 4.78 is 35.4. The number of para-hydroxylation sites is 1. The van der Waals surface area contributed by atoms with Crippen molar-refractivity contribution in [1.82, 2.24) is 5.32 Å². The number of methoxy groups -OCH3 is 1. The SMILES string of the molecule is COC(=O)C1=C(C)N(c2ccc(C)cc2)C(=S)N[C@@H]1c1ccccc1OC(F)F. The van der Waals surface area contributed by atoms with Gasteiger partial charge in [0.05, 0.1) is 18.7 Å². The van der Waals surface area contributed by atoms with Crippen LogP contribution in [-0.2, 0) is 9.53 Å². The Morgan fingerprint density at radius 3 is 2.41 bits per heavy atom. The van der Waals surface area contributed by atoms with E-state index >= 15 is 0 Å². The van der Waals surface area contributed by atoms with Gasteiger partial charge in [0, 0.05) is 16.9 Å². The first kappa shape index (κ1) is 20.7. The van der Waals surface area contributed by atoms with E-state index in [1.54, 1.807) is 30.0 Å². The lowest BCUT2D eigenvalue weighted by atomic mass is 9.94. The number of aryl methyl sites for hydroxylation is 1. The first-order valence-electron chi connectivity index (χ1n) is 8.83. The number of halogens is 2. The number of ether oxygens (including phenoxy) is 2. The molecule has 2 aromatic carbocycles. The second-order valence-electron chi connectivity index (χ2n) is 6.46. The van der Waals surface area contributed by atoms with Crippen molar-refractivity contribution >= 4 is 29.0 Å². The number of hydrogen-bond donors (Lipinski definition) is 1. The van der Waals surface area contributed by atoms with Gasteiger partial charge in [-0.15, -0.1) is 0 Å². The smallest absolute Gasteiger partial charge is 0.387 e. The van der Waals surface area contributed by atoms with Crippen LogP contribution in [0.25, 0.3) is 0 Å². The Morgan fingerprint density at radius 1 is 1.14 bits per heavy atom. The molecule has 1 N–H and O–H groups in total. The second-order valence-corrected chi connectivity index (χ2v) is 6.85. The summed E-state index contributed by atoms with van der Waals surface area (Å²) in [6.45, 7) is 0.709. The minimum atomic E-state index is -3.00. The summed E-state index contributed by atoms with van der Waals surface area (Å²) in [6, 6.07) is 13.1. The molecule has 0 unspecified atom stereocenters. The third-order valence-corrected chi connectivity index (χ3v) is 4.93. The molecule has 8 heteroatoms. The Kier molecular flexibility index (Phi) is 6.12. The molecule has 0 amide bonds. The van der Waals surface area contributed by atoms with Crippen LogP contribution in [0.4, 0.5) is 14.5 Å². The van der Waals surface area contributed by atoms with Gasteiger partial charge in [-0.3, -0.25) is 4.90 Å². The molecule has 152 valence electrons. The number of alkyl halides is 2. The molecule has 1 heterocycles. The van der Waals surface area contributed by atoms with E-state index in [1.165, 1.54) is 13.2 Å². The van der Waals surface area contributed by atoms with Crippen molar-refractivity contribution < 1.29 is 23.0 Å². The van der Waals surface area contributed by atoms with Gasteiger partial charge in [0.2, 0.25) is 0 Å². The highest BCUT2D eigenvalue weighted by molar-refractivity contribution is 7.80. The molecule has 0 saturated carbocycles. The minimum absolute atomic E-state index is 0.0409. The molecule has 0 bridgehead atoms. The summed E-state index contributed by atoms with van der Waals surface area (Å²) in [5.41, 5.74) is 3.00. The average molecular weight is 418 g/mol. The predicted molar refractivity (Wildman–Crippen MR) is 110 cm³/mol. The highest BCUT2D eigenvalue weighted by Gasteiger charge is 2.36. The summed E-state index contributed by atoms with van der Waals surface area (Å²) in [4.78, 5) is 14.4. The van der Waals surface area contributed by atoms with E-state index < -0.39 is 18.6 Å². The molecule has 0 fully saturated rings. The van der Waals surface area contributed by atoms with Crippen molar-refractivity contribution in [3.05, 3.63) is 70.9 Å². The molecule has 1 aliphatic heterocycles. The first-order chi connectivity index (χ1) is 13.8. The molecule has 1 aliphatic rings. The number of esters is 1. The first-order valence-corrected chi connectivity index (χ1v) is 9.24. The standard InChI is InChI=1S/C21H20F2N2O3S/c1-12-8-10-14(11-9-12)25-13(2)17(19(26)27-3)18(24-21(25)29)15-6-4-5-7-16(15)28-20(22)23/h4-11,18,20H,1-3H3,(H,24,29)/t18-/m1/s1. The van der Waals surface area contributed by atoms with Crippen molar-refractivity contribution in [2.45, 2.75) is 26.5 Å². The van der Waals surface area contributed by atoms with Crippen LogP contribution < -0.4 is 15.0 Å². The van der Waals surface area contributed by atoms with Crippen molar-refractivity contribution in [3.8, 4) is 5.75 Å². The molecular weight excluding hydrogens is 398 g/mol. The quantitative estimate of drug-likeness (QED) is 0.571. The Balaban J connectivity index is 2.14. The lowest BCUT2D eigenvalue weighted by Gasteiger charge is -2.37. The van der Waals surface area contributed by atoms with Crippen LogP contribution in [0.2, 0.25) is 0 Å². The number of nitrogens with zero attached hydrogens (tertiary/aromatic N) is 1. The van der Waals surface area contributed by atoms with Crippen LogP contribution in [0.15, 0.2) is 59.8 Å². The van der Waals surface area contributed by atoms with Crippen LogP contribution in [0.3, 0.4) is 0 Å². The lowest BCUT2D eigenvalue weighted by molar-refractivity contribution is -0.136. The molecule has 0 aromatic heterocycles. The van der Waals surface area contributed by atoms with E-state index in [2.05, 4.69) is 10.1 Å². The van der Waals surface area contributed by atoms with Gasteiger partial charge in [0.1, 0.15) is 5.75 Å². The maximum atomic E-state index is 12.9. The number of carbonyl (C=O) groups excluding carboxylic acids is 1. The van der Waals surface area contributed by atoms with Crippen LogP contribution >= 0.6 is 12.2 Å². The zero-order chi connectivity index (χ0) is 21.1. The summed E-state index contributed by atoms with van der Waals surface area (Å²) in [6.07, 6.45) is 0. The third-order valence-electron chi connectivity index (χ3n) is 4.63. The Hall–Kier alpha value is -3.00. The van der Waals surface area contributed by atoms with E-state index in [-0.39, 0.29) is 11.3 Å². The van der Waals surface area contributed by atoms with E-state index in [4.69, 9.17) is 17.0 Å². The lowest BCUT2D eigenvalue weighted by Crippen LogP contribution is -2.48. The number of benzene rings is 2. The summed E-state index contributed by atoms with van der Waals surface area (Å²) in [5.74, 6) is -0.632. The van der Waals surface area contributed by atoms with Gasteiger partial charge < -0.3 is 14.8 Å². The number of carbonyl (C=O) groups is 1. The highest BCUT2D eigenvalue weighted by Crippen LogP contribution is 2.38. The number of thiocarbonyl (C=S) groups is 1. The number of allylic oxidation sites excluding steroid dienone is 1. The van der Waals surface area contributed by atoms with E-state index in [0.29, 0.717) is 16.4 Å². The molecule has 0 spiro atoms. The Labute approximate surface area is 172 Å². The van der Waals surface area contributed by atoms with E-state index in [9.17, 15) is 13.6 Å². The van der Waals surface area contributed by atoms with Crippen LogP contribution in [0, 0.1) is 6.92 Å². The summed E-state index contributed by atoms with van der Waals surface area (Å²) >= 11 is 5.54. The van der Waals surface area contributed by atoms with E-state index in [0.717, 1.165) is 11.3 Å². The topological polar surface area (TPSA) is 50.8 Å². The molecule has 1 atom stereocenters. The molecule has 2 aromatic rings. The molecule has 0 saturated heterocycles. The molecule has 29 heavy (non-hydrogen) atoms. The van der Waals surface area contributed by atoms with Gasteiger partial charge in [-0.25, -0.2) is 4.79 Å². The fourth-order valence-corrected chi connectivity index (χ4v) is 3.64. The fourth-order valence-electron chi connectivity index (χ4n) is 3.28. The van der Waals surface area contributed by atoms with Gasteiger partial charge in [-0.2, -0.15) is 8.78 Å². The zero-order valence-electron chi connectivity index (χ0n) is 16.1. The second kappa shape index (κ2) is 8.57. The van der Waals surface area contributed by atoms with Crippen molar-refractivity contribution in [1.29, 1.82) is 0 Å². The van der Waals surface area contributed by atoms with Crippen LogP contribution in [-0.4, -0.2) is 24.8 Å². The Morgan fingerprint density at radius 2 is 1.79 bits per heavy atom. The molecule has 5 nitrogen and oxygen atoms in total. The normalized spacial score (nSPS) is 16.7. The molecular formula is C21H20F2N2O3S. The predicted octanol–water partition coefficient (Wildman–Crippen LogP) is 4.48. The van der Waals surface area contributed by atoms with Gasteiger partial charge in [-0.05, 0) is 44.3 Å². The number of hydrogen-bond acceptors (Lipinski definition) is 4. The largest absolute Gasteiger partial charge is 0.466 e. The molecule has 0 radical (unpaired) electrons.